The Bertz CT molecular complexity index is 1020. The van der Waals surface area contributed by atoms with Gasteiger partial charge in [0.05, 0.1) is 18.3 Å². The molecule has 21 heavy (non-hydrogen) atoms. The van der Waals surface area contributed by atoms with E-state index in [4.69, 9.17) is 11.6 Å². The molecule has 0 saturated heterocycles. The molecule has 0 N–H and O–H groups in total. The van der Waals surface area contributed by atoms with Gasteiger partial charge in [-0.25, -0.2) is 15.0 Å². The summed E-state index contributed by atoms with van der Waals surface area (Å²) in [5.41, 5.74) is -0.0905. The van der Waals surface area contributed by atoms with Gasteiger partial charge in [0.15, 0.2) is 5.82 Å². The molecule has 5 nitrogen and oxygen atoms in total. The summed E-state index contributed by atoms with van der Waals surface area (Å²) in [6.45, 7) is 0.255. The second kappa shape index (κ2) is 4.87. The molecule has 4 aromatic heterocycles. The summed E-state index contributed by atoms with van der Waals surface area (Å²) >= 11 is 9.09. The summed E-state index contributed by atoms with van der Waals surface area (Å²) in [4.78, 5) is 26.9. The maximum Gasteiger partial charge on any atom is 0.262 e. The minimum absolute atomic E-state index is 0.0905. The Labute approximate surface area is 131 Å². The Kier molecular flexibility index (Phi) is 2.99. The van der Waals surface area contributed by atoms with E-state index in [-0.39, 0.29) is 12.1 Å². The highest BCUT2D eigenvalue weighted by Crippen LogP contribution is 2.24. The van der Waals surface area contributed by atoms with Crippen LogP contribution >= 0.6 is 34.3 Å². The lowest BCUT2D eigenvalue weighted by atomic mass is 10.4. The summed E-state index contributed by atoms with van der Waals surface area (Å²) in [6.07, 6.45) is 1.52. The second-order valence-electron chi connectivity index (χ2n) is 4.39. The molecule has 4 aromatic rings. The molecule has 8 heteroatoms. The number of halogens is 1. The molecular weight excluding hydrogens is 328 g/mol. The number of hydrogen-bond donors (Lipinski definition) is 0. The van der Waals surface area contributed by atoms with Crippen molar-refractivity contribution in [2.24, 2.45) is 0 Å². The van der Waals surface area contributed by atoms with Gasteiger partial charge in [0.1, 0.15) is 14.8 Å². The molecule has 0 amide bonds. The Morgan fingerprint density at radius 2 is 1.86 bits per heavy atom. The first-order valence-electron chi connectivity index (χ1n) is 6.04. The smallest absolute Gasteiger partial charge is 0.262 e. The molecule has 0 unspecified atom stereocenters. The van der Waals surface area contributed by atoms with Crippen LogP contribution in [0.5, 0.6) is 0 Å². The molecule has 4 heterocycles. The van der Waals surface area contributed by atoms with Crippen LogP contribution in [0.1, 0.15) is 5.82 Å². The fraction of sp³-hybridized carbons (Fsp3) is 0.0769. The van der Waals surface area contributed by atoms with Gasteiger partial charge in [0.25, 0.3) is 5.56 Å². The number of rotatable bonds is 2. The number of thiophene rings is 2. The molecule has 0 radical (unpaired) electrons. The van der Waals surface area contributed by atoms with E-state index in [9.17, 15) is 4.79 Å². The van der Waals surface area contributed by atoms with Crippen molar-refractivity contribution in [2.45, 2.75) is 6.54 Å². The molecule has 104 valence electrons. The predicted octanol–water partition coefficient (Wildman–Crippen LogP) is 3.16. The average Bonchev–Trinajstić information content (AvgIpc) is 3.10. The standard InChI is InChI=1S/C13H7ClN4OS2/c14-10-7-1-3-21-12(7)17-9(16-10)5-18-6-15-11-8(13(18)19)2-4-20-11/h1-4,6H,5H2. The van der Waals surface area contributed by atoms with E-state index in [1.165, 1.54) is 33.6 Å². The van der Waals surface area contributed by atoms with E-state index >= 15 is 0 Å². The molecule has 0 atom stereocenters. The van der Waals surface area contributed by atoms with Crippen LogP contribution in [-0.2, 0) is 6.54 Å². The maximum atomic E-state index is 12.3. The molecule has 0 aromatic carbocycles. The number of aromatic nitrogens is 4. The van der Waals surface area contributed by atoms with E-state index in [2.05, 4.69) is 15.0 Å². The average molecular weight is 335 g/mol. The van der Waals surface area contributed by atoms with Crippen molar-refractivity contribution in [3.8, 4) is 0 Å². The number of nitrogens with zero attached hydrogens (tertiary/aromatic N) is 4. The topological polar surface area (TPSA) is 60.7 Å². The van der Waals surface area contributed by atoms with Crippen LogP contribution in [0.25, 0.3) is 20.4 Å². The lowest BCUT2D eigenvalue weighted by Gasteiger charge is -2.05. The summed E-state index contributed by atoms with van der Waals surface area (Å²) in [6, 6.07) is 3.67. The fourth-order valence-corrected chi connectivity index (χ4v) is 3.90. The van der Waals surface area contributed by atoms with Gasteiger partial charge in [0.2, 0.25) is 0 Å². The summed E-state index contributed by atoms with van der Waals surface area (Å²) in [7, 11) is 0. The quantitative estimate of drug-likeness (QED) is 0.528. The van der Waals surface area contributed by atoms with Crippen molar-refractivity contribution in [1.29, 1.82) is 0 Å². The molecular formula is C13H7ClN4OS2. The first-order valence-corrected chi connectivity index (χ1v) is 8.18. The van der Waals surface area contributed by atoms with Gasteiger partial charge in [0, 0.05) is 5.39 Å². The van der Waals surface area contributed by atoms with Crippen LogP contribution in [0.15, 0.2) is 34.0 Å². The zero-order valence-electron chi connectivity index (χ0n) is 10.5. The van der Waals surface area contributed by atoms with Gasteiger partial charge in [-0.3, -0.25) is 9.36 Å². The number of fused-ring (bicyclic) bond motifs is 2. The summed E-state index contributed by atoms with van der Waals surface area (Å²) in [5.74, 6) is 0.508. The molecule has 0 fully saturated rings. The van der Waals surface area contributed by atoms with Crippen LogP contribution in [0.4, 0.5) is 0 Å². The van der Waals surface area contributed by atoms with E-state index in [1.807, 2.05) is 16.8 Å². The van der Waals surface area contributed by atoms with Crippen molar-refractivity contribution < 1.29 is 0 Å². The molecule has 4 rings (SSSR count). The Morgan fingerprint density at radius 3 is 2.71 bits per heavy atom. The Balaban J connectivity index is 1.82. The van der Waals surface area contributed by atoms with Crippen LogP contribution in [0.2, 0.25) is 5.15 Å². The fourth-order valence-electron chi connectivity index (χ4n) is 2.09. The number of hydrogen-bond acceptors (Lipinski definition) is 6. The molecule has 0 aliphatic rings. The lowest BCUT2D eigenvalue weighted by Crippen LogP contribution is -2.21. The molecule has 0 spiro atoms. The predicted molar refractivity (Wildman–Crippen MR) is 85.4 cm³/mol. The first kappa shape index (κ1) is 12.9. The largest absolute Gasteiger partial charge is 0.291 e. The van der Waals surface area contributed by atoms with Crippen molar-refractivity contribution >= 4 is 54.7 Å². The summed E-state index contributed by atoms with van der Waals surface area (Å²) < 4.78 is 1.50. The van der Waals surface area contributed by atoms with Crippen LogP contribution in [-0.4, -0.2) is 19.5 Å². The highest BCUT2D eigenvalue weighted by molar-refractivity contribution is 7.17. The normalized spacial score (nSPS) is 11.5. The van der Waals surface area contributed by atoms with Gasteiger partial charge in [-0.05, 0) is 22.9 Å². The van der Waals surface area contributed by atoms with Gasteiger partial charge < -0.3 is 0 Å². The van der Waals surface area contributed by atoms with E-state index in [1.54, 1.807) is 6.07 Å². The van der Waals surface area contributed by atoms with Crippen LogP contribution < -0.4 is 5.56 Å². The van der Waals surface area contributed by atoms with Gasteiger partial charge in [-0.15, -0.1) is 22.7 Å². The van der Waals surface area contributed by atoms with Gasteiger partial charge >= 0.3 is 0 Å². The third kappa shape index (κ3) is 2.14. The molecule has 0 aliphatic carbocycles. The highest BCUT2D eigenvalue weighted by atomic mass is 35.5. The van der Waals surface area contributed by atoms with Gasteiger partial charge in [-0.1, -0.05) is 11.6 Å². The zero-order valence-corrected chi connectivity index (χ0v) is 12.9. The third-order valence-corrected chi connectivity index (χ3v) is 5.00. The van der Waals surface area contributed by atoms with Crippen molar-refractivity contribution in [3.05, 3.63) is 50.6 Å². The van der Waals surface area contributed by atoms with E-state index in [0.29, 0.717) is 16.4 Å². The summed E-state index contributed by atoms with van der Waals surface area (Å²) in [5, 5.41) is 5.64. The zero-order chi connectivity index (χ0) is 14.4. The van der Waals surface area contributed by atoms with Crippen molar-refractivity contribution in [2.75, 3.05) is 0 Å². The van der Waals surface area contributed by atoms with Gasteiger partial charge in [-0.2, -0.15) is 0 Å². The van der Waals surface area contributed by atoms with E-state index < -0.39 is 0 Å². The van der Waals surface area contributed by atoms with Crippen LogP contribution in [0, 0.1) is 0 Å². The highest BCUT2D eigenvalue weighted by Gasteiger charge is 2.10. The molecule has 0 bridgehead atoms. The Hall–Kier alpha value is -1.83. The molecule has 0 aliphatic heterocycles. The van der Waals surface area contributed by atoms with E-state index in [0.717, 1.165) is 15.0 Å². The second-order valence-corrected chi connectivity index (χ2v) is 6.53. The van der Waals surface area contributed by atoms with Crippen molar-refractivity contribution in [3.63, 3.8) is 0 Å². The Morgan fingerprint density at radius 1 is 1.10 bits per heavy atom. The minimum atomic E-state index is -0.0905. The first-order chi connectivity index (χ1) is 10.2. The maximum absolute atomic E-state index is 12.3. The SMILES string of the molecule is O=c1c2ccsc2ncn1Cc1nc(Cl)c2ccsc2n1. The third-order valence-electron chi connectivity index (χ3n) is 3.09. The molecule has 0 saturated carbocycles. The lowest BCUT2D eigenvalue weighted by molar-refractivity contribution is 0.712. The van der Waals surface area contributed by atoms with Crippen molar-refractivity contribution in [1.82, 2.24) is 19.5 Å². The monoisotopic (exact) mass is 334 g/mol. The van der Waals surface area contributed by atoms with Crippen LogP contribution in [0.3, 0.4) is 0 Å². The minimum Gasteiger partial charge on any atom is -0.291 e.